The van der Waals surface area contributed by atoms with E-state index in [0.717, 1.165) is 27.9 Å². The second kappa shape index (κ2) is 13.6. The summed E-state index contributed by atoms with van der Waals surface area (Å²) in [5.74, 6) is -0.415. The van der Waals surface area contributed by atoms with Gasteiger partial charge in [-0.05, 0) is 60.7 Å². The van der Waals surface area contributed by atoms with E-state index < -0.39 is 34.4 Å². The summed E-state index contributed by atoms with van der Waals surface area (Å²) in [7, 11) is -3.17. The summed E-state index contributed by atoms with van der Waals surface area (Å²) in [6.07, 6.45) is -0.152. The average molecular weight is 609 g/mol. The molecule has 4 rings (SSSR count). The Morgan fingerprint density at radius 2 is 1.62 bits per heavy atom. The molecule has 10 nitrogen and oxygen atoms in total. The molecular weight excluding hydrogens is 576 g/mol. The predicted octanol–water partition coefficient (Wildman–Crippen LogP) is 5.01. The van der Waals surface area contributed by atoms with E-state index in [1.54, 1.807) is 12.1 Å². The lowest BCUT2D eigenvalue weighted by Gasteiger charge is -2.22. The Bertz CT molecular complexity index is 1640. The van der Waals surface area contributed by atoms with Gasteiger partial charge in [-0.15, -0.1) is 11.3 Å². The highest BCUT2D eigenvalue weighted by molar-refractivity contribution is 7.87. The van der Waals surface area contributed by atoms with Crippen molar-refractivity contribution in [3.8, 4) is 11.3 Å². The van der Waals surface area contributed by atoms with Crippen LogP contribution in [0.2, 0.25) is 0 Å². The molecular formula is C30H32N4O6S2. The molecule has 12 heteroatoms. The molecule has 1 aromatic heterocycles. The third-order valence-corrected chi connectivity index (χ3v) is 8.11. The number of alkyl carbamates (subject to hydrolysis) is 1. The van der Waals surface area contributed by atoms with Gasteiger partial charge in [0.25, 0.3) is 0 Å². The van der Waals surface area contributed by atoms with Crippen LogP contribution in [0.25, 0.3) is 11.3 Å². The summed E-state index contributed by atoms with van der Waals surface area (Å²) in [4.78, 5) is 30.6. The number of carbonyl (C=O) groups is 2. The smallest absolute Gasteiger partial charge is 0.407 e. The van der Waals surface area contributed by atoms with E-state index >= 15 is 0 Å². The first-order valence-electron chi connectivity index (χ1n) is 13.1. The van der Waals surface area contributed by atoms with Gasteiger partial charge < -0.3 is 15.4 Å². The number of hydrogen-bond donors (Lipinski definition) is 4. The SMILES string of the molecule is COC(=O)NC(Cc1ccccc1)C(=O)NC(Cc1ccc(NS(=O)(=O)O)cc1)c1nc(-c2ccc(C)c(C)c2)cs1. The van der Waals surface area contributed by atoms with E-state index in [4.69, 9.17) is 14.3 Å². The number of carbonyl (C=O) groups excluding carboxylic acids is 2. The lowest BCUT2D eigenvalue weighted by molar-refractivity contribution is -0.123. The fraction of sp³-hybridized carbons (Fsp3) is 0.233. The number of nitrogens with one attached hydrogen (secondary N) is 3. The monoisotopic (exact) mass is 608 g/mol. The largest absolute Gasteiger partial charge is 0.453 e. The van der Waals surface area contributed by atoms with E-state index in [1.165, 1.54) is 36.1 Å². The molecule has 0 bridgehead atoms. The molecule has 0 aliphatic carbocycles. The van der Waals surface area contributed by atoms with Crippen LogP contribution >= 0.6 is 11.3 Å². The second-order valence-electron chi connectivity index (χ2n) is 9.79. The van der Waals surface area contributed by atoms with Gasteiger partial charge in [0.15, 0.2) is 0 Å². The van der Waals surface area contributed by atoms with Crippen molar-refractivity contribution in [2.24, 2.45) is 0 Å². The molecule has 0 aliphatic rings. The number of amides is 2. The highest BCUT2D eigenvalue weighted by Crippen LogP contribution is 2.29. The number of benzene rings is 3. The summed E-state index contributed by atoms with van der Waals surface area (Å²) in [5, 5.41) is 8.28. The number of nitrogens with zero attached hydrogens (tertiary/aromatic N) is 1. The number of thiazole rings is 1. The van der Waals surface area contributed by atoms with E-state index in [2.05, 4.69) is 16.7 Å². The molecule has 0 fully saturated rings. The maximum Gasteiger partial charge on any atom is 0.407 e. The Kier molecular flexibility index (Phi) is 9.94. The van der Waals surface area contributed by atoms with Crippen molar-refractivity contribution in [2.45, 2.75) is 38.8 Å². The normalized spacial score (nSPS) is 12.7. The van der Waals surface area contributed by atoms with Crippen molar-refractivity contribution < 1.29 is 27.3 Å². The van der Waals surface area contributed by atoms with Gasteiger partial charge in [0, 0.05) is 17.4 Å². The third kappa shape index (κ3) is 8.62. The van der Waals surface area contributed by atoms with Crippen LogP contribution in [0.15, 0.2) is 78.2 Å². The minimum atomic E-state index is -4.41. The lowest BCUT2D eigenvalue weighted by Crippen LogP contribution is -2.49. The van der Waals surface area contributed by atoms with Crippen LogP contribution in [-0.4, -0.2) is 43.1 Å². The van der Waals surface area contributed by atoms with Gasteiger partial charge in [-0.25, -0.2) is 9.78 Å². The zero-order chi connectivity index (χ0) is 30.3. The third-order valence-electron chi connectivity index (χ3n) is 6.66. The van der Waals surface area contributed by atoms with Gasteiger partial charge in [0.05, 0.1) is 24.5 Å². The van der Waals surface area contributed by atoms with Gasteiger partial charge in [-0.3, -0.25) is 14.1 Å². The zero-order valence-electron chi connectivity index (χ0n) is 23.3. The fourth-order valence-corrected chi connectivity index (χ4v) is 5.62. The number of aryl methyl sites for hydroxylation is 2. The van der Waals surface area contributed by atoms with Crippen LogP contribution in [0.5, 0.6) is 0 Å². The number of rotatable bonds is 11. The lowest BCUT2D eigenvalue weighted by atomic mass is 10.0. The summed E-state index contributed by atoms with van der Waals surface area (Å²) >= 11 is 1.41. The molecule has 3 aromatic carbocycles. The van der Waals surface area contributed by atoms with Crippen LogP contribution in [0.1, 0.15) is 33.3 Å². The minimum Gasteiger partial charge on any atom is -0.453 e. The van der Waals surface area contributed by atoms with Crippen molar-refractivity contribution in [1.82, 2.24) is 15.6 Å². The van der Waals surface area contributed by atoms with E-state index in [-0.39, 0.29) is 12.1 Å². The van der Waals surface area contributed by atoms with Crippen molar-refractivity contribution in [2.75, 3.05) is 11.8 Å². The van der Waals surface area contributed by atoms with Gasteiger partial charge in [-0.2, -0.15) is 8.42 Å². The highest BCUT2D eigenvalue weighted by Gasteiger charge is 2.27. The van der Waals surface area contributed by atoms with Crippen LogP contribution < -0.4 is 15.4 Å². The van der Waals surface area contributed by atoms with Gasteiger partial charge in [0.2, 0.25) is 5.91 Å². The Morgan fingerprint density at radius 1 is 0.929 bits per heavy atom. The molecule has 2 atom stereocenters. The van der Waals surface area contributed by atoms with Gasteiger partial charge >= 0.3 is 16.4 Å². The van der Waals surface area contributed by atoms with Gasteiger partial charge in [0.1, 0.15) is 11.0 Å². The minimum absolute atomic E-state index is 0.193. The molecule has 4 N–H and O–H groups in total. The molecule has 220 valence electrons. The quantitative estimate of drug-likeness (QED) is 0.175. The summed E-state index contributed by atoms with van der Waals surface area (Å²) in [6, 6.07) is 20.4. The van der Waals surface area contributed by atoms with Crippen LogP contribution in [0, 0.1) is 13.8 Å². The van der Waals surface area contributed by atoms with E-state index in [0.29, 0.717) is 11.4 Å². The van der Waals surface area contributed by atoms with Crippen LogP contribution in [0.3, 0.4) is 0 Å². The maximum absolute atomic E-state index is 13.6. The molecule has 0 aliphatic heterocycles. The molecule has 0 radical (unpaired) electrons. The van der Waals surface area contributed by atoms with Crippen molar-refractivity contribution in [1.29, 1.82) is 0 Å². The maximum atomic E-state index is 13.6. The molecule has 0 saturated heterocycles. The summed E-state index contributed by atoms with van der Waals surface area (Å²) in [5.41, 5.74) is 5.89. The Morgan fingerprint density at radius 3 is 2.26 bits per heavy atom. The van der Waals surface area contributed by atoms with E-state index in [9.17, 15) is 18.0 Å². The molecule has 0 spiro atoms. The highest BCUT2D eigenvalue weighted by atomic mass is 32.2. The standard InChI is InChI=1S/C30H32N4O6S2/c1-19-9-12-23(15-20(19)2)27-18-41-29(32-27)26(17-22-10-13-24(14-11-22)34-42(37,38)39)31-28(35)25(33-30(36)40-3)16-21-7-5-4-6-8-21/h4-15,18,25-26,34H,16-17H2,1-3H3,(H,31,35)(H,33,36)(H,37,38,39). The fourth-order valence-electron chi connectivity index (χ4n) is 4.31. The Labute approximate surface area is 249 Å². The first kappa shape index (κ1) is 30.7. The summed E-state index contributed by atoms with van der Waals surface area (Å²) in [6.45, 7) is 4.08. The molecule has 2 amide bonds. The van der Waals surface area contributed by atoms with Crippen molar-refractivity contribution >= 4 is 39.3 Å². The number of methoxy groups -OCH3 is 1. The number of aromatic nitrogens is 1. The first-order valence-corrected chi connectivity index (χ1v) is 15.4. The van der Waals surface area contributed by atoms with Gasteiger partial charge in [-0.1, -0.05) is 54.6 Å². The predicted molar refractivity (Wildman–Crippen MR) is 163 cm³/mol. The Balaban J connectivity index is 1.63. The summed E-state index contributed by atoms with van der Waals surface area (Å²) < 4.78 is 38.2. The van der Waals surface area contributed by atoms with Crippen LogP contribution in [0.4, 0.5) is 10.5 Å². The Hall–Kier alpha value is -4.26. The molecule has 42 heavy (non-hydrogen) atoms. The second-order valence-corrected chi connectivity index (χ2v) is 11.8. The molecule has 4 aromatic rings. The topological polar surface area (TPSA) is 147 Å². The zero-order valence-corrected chi connectivity index (χ0v) is 25.0. The van der Waals surface area contributed by atoms with Crippen molar-refractivity contribution in [3.05, 3.63) is 105 Å². The average Bonchev–Trinajstić information content (AvgIpc) is 3.45. The van der Waals surface area contributed by atoms with Crippen LogP contribution in [-0.2, 0) is 32.7 Å². The molecule has 1 heterocycles. The number of anilines is 1. The molecule has 2 unspecified atom stereocenters. The first-order chi connectivity index (χ1) is 20.0. The number of hydrogen-bond acceptors (Lipinski definition) is 7. The van der Waals surface area contributed by atoms with E-state index in [1.807, 2.05) is 66.4 Å². The molecule has 0 saturated carbocycles. The van der Waals surface area contributed by atoms with Crippen molar-refractivity contribution in [3.63, 3.8) is 0 Å². The number of ether oxygens (including phenoxy) is 1.